The Balaban J connectivity index is 3.66. The molecule has 0 aliphatic heterocycles. The maximum atomic E-state index is 11.1. The van der Waals surface area contributed by atoms with E-state index in [2.05, 4.69) is 10.1 Å². The molecule has 0 heterocycles. The van der Waals surface area contributed by atoms with E-state index in [1.807, 2.05) is 5.32 Å². The van der Waals surface area contributed by atoms with Gasteiger partial charge in [-0.15, -0.1) is 0 Å². The van der Waals surface area contributed by atoms with Gasteiger partial charge in [-0.05, 0) is 6.92 Å². The number of urea groups is 1. The van der Waals surface area contributed by atoms with Crippen molar-refractivity contribution in [3.63, 3.8) is 0 Å². The molecule has 0 saturated heterocycles. The third kappa shape index (κ3) is 9.27. The molecule has 0 spiro atoms. The summed E-state index contributed by atoms with van der Waals surface area (Å²) in [4.78, 5) is 32.2. The number of ether oxygens (including phenoxy) is 2. The summed E-state index contributed by atoms with van der Waals surface area (Å²) in [5, 5.41) is 12.6. The summed E-state index contributed by atoms with van der Waals surface area (Å²) in [6, 6.07) is -0.683. The number of hydrogen-bond donors (Lipinski definition) is 3. The first-order valence-corrected chi connectivity index (χ1v) is 4.85. The van der Waals surface area contributed by atoms with Crippen LogP contribution in [0.4, 0.5) is 4.79 Å². The first-order valence-electron chi connectivity index (χ1n) is 4.85. The van der Waals surface area contributed by atoms with Crippen LogP contribution in [0.5, 0.6) is 0 Å². The molecular weight excluding hydrogens is 232 g/mol. The lowest BCUT2D eigenvalue weighted by Gasteiger charge is -2.10. The Morgan fingerprint density at radius 2 is 1.94 bits per heavy atom. The van der Waals surface area contributed by atoms with Crippen LogP contribution in [0, 0.1) is 0 Å². The van der Waals surface area contributed by atoms with Crippen LogP contribution in [0.15, 0.2) is 0 Å². The molecule has 1 atom stereocenters. The molecule has 0 aliphatic carbocycles. The molecule has 0 aromatic carbocycles. The van der Waals surface area contributed by atoms with Crippen molar-refractivity contribution < 1.29 is 29.0 Å². The van der Waals surface area contributed by atoms with Gasteiger partial charge in [0.2, 0.25) is 0 Å². The fraction of sp³-hybridized carbons (Fsp3) is 0.667. The Morgan fingerprint density at radius 3 is 2.47 bits per heavy atom. The van der Waals surface area contributed by atoms with E-state index in [1.54, 1.807) is 6.92 Å². The summed E-state index contributed by atoms with van der Waals surface area (Å²) in [6.07, 6.45) is -0.167. The number of hydrogen-bond acceptors (Lipinski definition) is 5. The monoisotopic (exact) mass is 248 g/mol. The normalized spacial score (nSPS) is 11.6. The smallest absolute Gasteiger partial charge is 0.329 e. The zero-order chi connectivity index (χ0) is 13.3. The van der Waals surface area contributed by atoms with Crippen LogP contribution >= 0.6 is 0 Å². The zero-order valence-corrected chi connectivity index (χ0v) is 9.69. The van der Waals surface area contributed by atoms with Crippen molar-refractivity contribution >= 4 is 17.9 Å². The van der Waals surface area contributed by atoms with Crippen molar-refractivity contribution in [2.24, 2.45) is 0 Å². The molecular formula is C9H16N2O6. The topological polar surface area (TPSA) is 114 Å². The first-order chi connectivity index (χ1) is 7.95. The predicted molar refractivity (Wildman–Crippen MR) is 56.5 cm³/mol. The molecule has 3 amide bonds. The summed E-state index contributed by atoms with van der Waals surface area (Å²) in [7, 11) is 1.50. The van der Waals surface area contributed by atoms with E-state index in [9.17, 15) is 14.4 Å². The number of rotatable bonds is 7. The van der Waals surface area contributed by atoms with Crippen molar-refractivity contribution in [2.75, 3.05) is 26.9 Å². The van der Waals surface area contributed by atoms with Crippen LogP contribution in [-0.2, 0) is 19.1 Å². The van der Waals surface area contributed by atoms with Crippen LogP contribution in [0.1, 0.15) is 6.92 Å². The number of imide groups is 1. The molecule has 8 heteroatoms. The summed E-state index contributed by atoms with van der Waals surface area (Å²) in [6.45, 7) is 0.930. The highest BCUT2D eigenvalue weighted by Crippen LogP contribution is 1.83. The highest BCUT2D eigenvalue weighted by molar-refractivity contribution is 5.94. The van der Waals surface area contributed by atoms with Gasteiger partial charge in [0.15, 0.2) is 0 Å². The Kier molecular flexibility index (Phi) is 7.65. The molecule has 0 bridgehead atoms. The lowest BCUT2D eigenvalue weighted by molar-refractivity contribution is -0.143. The summed E-state index contributed by atoms with van der Waals surface area (Å²) in [5.41, 5.74) is 0. The van der Waals surface area contributed by atoms with E-state index in [-0.39, 0.29) is 12.6 Å². The number of methoxy groups -OCH3 is 1. The number of carboxylic acids is 1. The highest BCUT2D eigenvalue weighted by Gasteiger charge is 2.09. The van der Waals surface area contributed by atoms with Crippen molar-refractivity contribution in [3.05, 3.63) is 0 Å². The molecule has 1 unspecified atom stereocenters. The van der Waals surface area contributed by atoms with Crippen molar-refractivity contribution in [1.82, 2.24) is 10.6 Å². The second kappa shape index (κ2) is 8.48. The van der Waals surface area contributed by atoms with Crippen molar-refractivity contribution in [3.8, 4) is 0 Å². The number of carbonyl (C=O) groups is 3. The van der Waals surface area contributed by atoms with E-state index in [1.165, 1.54) is 7.11 Å². The van der Waals surface area contributed by atoms with Gasteiger partial charge in [-0.1, -0.05) is 0 Å². The van der Waals surface area contributed by atoms with Crippen molar-refractivity contribution in [1.29, 1.82) is 0 Å². The third-order valence-electron chi connectivity index (χ3n) is 1.66. The van der Waals surface area contributed by atoms with Gasteiger partial charge in [-0.25, -0.2) is 9.59 Å². The minimum atomic E-state index is -1.18. The molecule has 0 aromatic rings. The van der Waals surface area contributed by atoms with Gasteiger partial charge in [0, 0.05) is 13.7 Å². The Hall–Kier alpha value is -1.67. The van der Waals surface area contributed by atoms with Gasteiger partial charge in [-0.2, -0.15) is 0 Å². The van der Waals surface area contributed by atoms with E-state index < -0.39 is 31.1 Å². The van der Waals surface area contributed by atoms with E-state index >= 15 is 0 Å². The van der Waals surface area contributed by atoms with Crippen LogP contribution in [0.2, 0.25) is 0 Å². The maximum Gasteiger partial charge on any atom is 0.329 e. The van der Waals surface area contributed by atoms with E-state index in [0.29, 0.717) is 0 Å². The minimum absolute atomic E-state index is 0.167. The predicted octanol–water partition coefficient (Wildman–Crippen LogP) is -1.05. The molecule has 0 aromatic heterocycles. The molecule has 17 heavy (non-hydrogen) atoms. The fourth-order valence-corrected chi connectivity index (χ4v) is 0.758. The number of amides is 3. The largest absolute Gasteiger partial charge is 0.480 e. The average Bonchev–Trinajstić information content (AvgIpc) is 2.25. The summed E-state index contributed by atoms with van der Waals surface area (Å²) < 4.78 is 9.37. The van der Waals surface area contributed by atoms with Gasteiger partial charge < -0.3 is 19.9 Å². The molecule has 0 aliphatic rings. The van der Waals surface area contributed by atoms with Gasteiger partial charge in [0.05, 0.1) is 6.10 Å². The van der Waals surface area contributed by atoms with Crippen molar-refractivity contribution in [2.45, 2.75) is 13.0 Å². The van der Waals surface area contributed by atoms with Gasteiger partial charge >= 0.3 is 12.0 Å². The Morgan fingerprint density at radius 1 is 1.29 bits per heavy atom. The molecule has 0 fully saturated rings. The maximum absolute atomic E-state index is 11.1. The van der Waals surface area contributed by atoms with Gasteiger partial charge in [0.25, 0.3) is 5.91 Å². The lowest BCUT2D eigenvalue weighted by Crippen LogP contribution is -2.43. The highest BCUT2D eigenvalue weighted by atomic mass is 16.5. The molecule has 0 radical (unpaired) electrons. The fourth-order valence-electron chi connectivity index (χ4n) is 0.758. The zero-order valence-electron chi connectivity index (χ0n) is 9.69. The standard InChI is InChI=1S/C9H16N2O6/c1-6(16-2)3-10-9(15)11-7(12)4-17-5-8(13)14/h6H,3-5H2,1-2H3,(H,13,14)(H2,10,11,12,15). The second-order valence-electron chi connectivity index (χ2n) is 3.19. The molecule has 0 rings (SSSR count). The van der Waals surface area contributed by atoms with Crippen LogP contribution in [-0.4, -0.2) is 56.0 Å². The van der Waals surface area contributed by atoms with E-state index in [4.69, 9.17) is 9.84 Å². The lowest BCUT2D eigenvalue weighted by atomic mass is 10.4. The quantitative estimate of drug-likeness (QED) is 0.529. The number of carbonyl (C=O) groups excluding carboxylic acids is 2. The molecule has 8 nitrogen and oxygen atoms in total. The number of nitrogens with one attached hydrogen (secondary N) is 2. The van der Waals surface area contributed by atoms with Crippen LogP contribution in [0.3, 0.4) is 0 Å². The summed E-state index contributed by atoms with van der Waals surface area (Å²) >= 11 is 0. The van der Waals surface area contributed by atoms with Gasteiger partial charge in [0.1, 0.15) is 13.2 Å². The number of carboxylic acid groups (broad SMARTS) is 1. The summed E-state index contributed by atoms with van der Waals surface area (Å²) in [5.74, 6) is -1.90. The van der Waals surface area contributed by atoms with Crippen LogP contribution in [0.25, 0.3) is 0 Å². The average molecular weight is 248 g/mol. The Bertz CT molecular complexity index is 281. The number of aliphatic carboxylic acids is 1. The van der Waals surface area contributed by atoms with E-state index in [0.717, 1.165) is 0 Å². The molecule has 98 valence electrons. The molecule has 3 N–H and O–H groups in total. The molecule has 0 saturated carbocycles. The first kappa shape index (κ1) is 15.3. The van der Waals surface area contributed by atoms with Gasteiger partial charge in [-0.3, -0.25) is 10.1 Å². The Labute approximate surface area is 98.3 Å². The second-order valence-corrected chi connectivity index (χ2v) is 3.19. The third-order valence-corrected chi connectivity index (χ3v) is 1.66. The van der Waals surface area contributed by atoms with Crippen LogP contribution < -0.4 is 10.6 Å². The minimum Gasteiger partial charge on any atom is -0.480 e. The SMILES string of the molecule is COC(C)CNC(=O)NC(=O)COCC(=O)O.